The molecular formula is C13H19FN2O. The standard InChI is InChI=1S/C13H19FN2O/c1-3-4-10(15)8-16-13(17)11-6-5-9(2)7-12(11)14/h5-7,10H,3-4,8,15H2,1-2H3,(H,16,17). The van der Waals surface area contributed by atoms with E-state index in [9.17, 15) is 9.18 Å². The minimum atomic E-state index is -0.494. The van der Waals surface area contributed by atoms with Crippen LogP contribution in [-0.2, 0) is 0 Å². The van der Waals surface area contributed by atoms with Crippen LogP contribution in [0.5, 0.6) is 0 Å². The Balaban J connectivity index is 2.58. The number of amides is 1. The molecule has 0 aliphatic heterocycles. The summed E-state index contributed by atoms with van der Waals surface area (Å²) >= 11 is 0. The van der Waals surface area contributed by atoms with Crippen molar-refractivity contribution in [1.82, 2.24) is 5.32 Å². The molecule has 0 radical (unpaired) electrons. The van der Waals surface area contributed by atoms with Gasteiger partial charge < -0.3 is 11.1 Å². The van der Waals surface area contributed by atoms with Crippen molar-refractivity contribution in [2.45, 2.75) is 32.7 Å². The lowest BCUT2D eigenvalue weighted by molar-refractivity contribution is 0.0946. The highest BCUT2D eigenvalue weighted by molar-refractivity contribution is 5.94. The van der Waals surface area contributed by atoms with Crippen molar-refractivity contribution in [3.8, 4) is 0 Å². The summed E-state index contributed by atoms with van der Waals surface area (Å²) in [5.74, 6) is -0.902. The maximum absolute atomic E-state index is 13.5. The first kappa shape index (κ1) is 13.6. The van der Waals surface area contributed by atoms with E-state index in [-0.39, 0.29) is 11.6 Å². The summed E-state index contributed by atoms with van der Waals surface area (Å²) in [5, 5.41) is 2.64. The molecule has 0 saturated carbocycles. The Morgan fingerprint density at radius 1 is 1.53 bits per heavy atom. The lowest BCUT2D eigenvalue weighted by atomic mass is 10.1. The first-order chi connectivity index (χ1) is 8.04. The van der Waals surface area contributed by atoms with Gasteiger partial charge in [0.15, 0.2) is 0 Å². The molecule has 0 spiro atoms. The van der Waals surface area contributed by atoms with Crippen LogP contribution in [0.4, 0.5) is 4.39 Å². The van der Waals surface area contributed by atoms with Crippen LogP contribution in [0, 0.1) is 12.7 Å². The number of aryl methyl sites for hydroxylation is 1. The molecule has 1 atom stereocenters. The molecule has 3 nitrogen and oxygen atoms in total. The summed E-state index contributed by atoms with van der Waals surface area (Å²) in [6.45, 7) is 4.18. The summed E-state index contributed by atoms with van der Waals surface area (Å²) < 4.78 is 13.5. The summed E-state index contributed by atoms with van der Waals surface area (Å²) in [6.07, 6.45) is 1.81. The molecule has 1 aromatic carbocycles. The predicted molar refractivity (Wildman–Crippen MR) is 66.4 cm³/mol. The molecule has 0 aliphatic carbocycles. The van der Waals surface area contributed by atoms with Crippen LogP contribution in [0.15, 0.2) is 18.2 Å². The van der Waals surface area contributed by atoms with Crippen LogP contribution in [0.25, 0.3) is 0 Å². The minimum absolute atomic E-state index is 0.0688. The van der Waals surface area contributed by atoms with Crippen LogP contribution >= 0.6 is 0 Å². The van der Waals surface area contributed by atoms with Crippen LogP contribution in [0.1, 0.15) is 35.7 Å². The lowest BCUT2D eigenvalue weighted by Gasteiger charge is -2.12. The molecule has 1 rings (SSSR count). The molecule has 0 bridgehead atoms. The van der Waals surface area contributed by atoms with Crippen molar-refractivity contribution in [3.63, 3.8) is 0 Å². The van der Waals surface area contributed by atoms with Crippen molar-refractivity contribution >= 4 is 5.91 Å². The molecule has 0 saturated heterocycles. The average Bonchev–Trinajstić information content (AvgIpc) is 2.26. The van der Waals surface area contributed by atoms with E-state index in [0.29, 0.717) is 6.54 Å². The minimum Gasteiger partial charge on any atom is -0.350 e. The fourth-order valence-electron chi connectivity index (χ4n) is 1.60. The lowest BCUT2D eigenvalue weighted by Crippen LogP contribution is -2.37. The fraction of sp³-hybridized carbons (Fsp3) is 0.462. The fourth-order valence-corrected chi connectivity index (χ4v) is 1.60. The zero-order valence-corrected chi connectivity index (χ0v) is 10.3. The van der Waals surface area contributed by atoms with Gasteiger partial charge in [-0.15, -0.1) is 0 Å². The van der Waals surface area contributed by atoms with Crippen molar-refractivity contribution in [2.24, 2.45) is 5.73 Å². The Morgan fingerprint density at radius 2 is 2.24 bits per heavy atom. The van der Waals surface area contributed by atoms with E-state index in [0.717, 1.165) is 18.4 Å². The van der Waals surface area contributed by atoms with Gasteiger partial charge >= 0.3 is 0 Å². The summed E-state index contributed by atoms with van der Waals surface area (Å²) in [5.41, 5.74) is 6.63. The second kappa shape index (κ2) is 6.35. The van der Waals surface area contributed by atoms with Crippen molar-refractivity contribution in [3.05, 3.63) is 35.1 Å². The van der Waals surface area contributed by atoms with Gasteiger partial charge in [0.2, 0.25) is 0 Å². The third-order valence-corrected chi connectivity index (χ3v) is 2.55. The van der Waals surface area contributed by atoms with E-state index in [4.69, 9.17) is 5.73 Å². The normalized spacial score (nSPS) is 12.2. The van der Waals surface area contributed by atoms with Gasteiger partial charge in [-0.2, -0.15) is 0 Å². The Morgan fingerprint density at radius 3 is 2.82 bits per heavy atom. The number of nitrogens with two attached hydrogens (primary N) is 1. The Hall–Kier alpha value is -1.42. The third kappa shape index (κ3) is 4.15. The molecule has 3 N–H and O–H groups in total. The Kier molecular flexibility index (Phi) is 5.10. The molecule has 1 aromatic rings. The van der Waals surface area contributed by atoms with E-state index in [1.807, 2.05) is 6.92 Å². The molecule has 0 aromatic heterocycles. The number of benzene rings is 1. The topological polar surface area (TPSA) is 55.1 Å². The first-order valence-corrected chi connectivity index (χ1v) is 5.84. The number of carbonyl (C=O) groups is 1. The molecule has 4 heteroatoms. The molecule has 0 aliphatic rings. The number of hydrogen-bond donors (Lipinski definition) is 2. The van der Waals surface area contributed by atoms with Gasteiger partial charge in [0, 0.05) is 12.6 Å². The van der Waals surface area contributed by atoms with Crippen LogP contribution in [-0.4, -0.2) is 18.5 Å². The van der Waals surface area contributed by atoms with Gasteiger partial charge in [-0.25, -0.2) is 4.39 Å². The van der Waals surface area contributed by atoms with Gasteiger partial charge in [0.1, 0.15) is 5.82 Å². The second-order valence-corrected chi connectivity index (χ2v) is 4.24. The highest BCUT2D eigenvalue weighted by Crippen LogP contribution is 2.09. The summed E-state index contributed by atoms with van der Waals surface area (Å²) in [7, 11) is 0. The summed E-state index contributed by atoms with van der Waals surface area (Å²) in [6, 6.07) is 4.48. The van der Waals surface area contributed by atoms with E-state index in [1.54, 1.807) is 13.0 Å². The van der Waals surface area contributed by atoms with Crippen LogP contribution in [0.2, 0.25) is 0 Å². The van der Waals surface area contributed by atoms with Crippen molar-refractivity contribution in [2.75, 3.05) is 6.54 Å². The third-order valence-electron chi connectivity index (χ3n) is 2.55. The number of halogens is 1. The number of hydrogen-bond acceptors (Lipinski definition) is 2. The monoisotopic (exact) mass is 238 g/mol. The SMILES string of the molecule is CCCC(N)CNC(=O)c1ccc(C)cc1F. The number of nitrogens with one attached hydrogen (secondary N) is 1. The van der Waals surface area contributed by atoms with E-state index in [2.05, 4.69) is 5.32 Å². The molecule has 1 unspecified atom stereocenters. The van der Waals surface area contributed by atoms with Gasteiger partial charge in [0.25, 0.3) is 5.91 Å². The Bertz CT molecular complexity index is 393. The average molecular weight is 238 g/mol. The molecule has 0 fully saturated rings. The van der Waals surface area contributed by atoms with Gasteiger partial charge in [-0.3, -0.25) is 4.79 Å². The van der Waals surface area contributed by atoms with Crippen molar-refractivity contribution in [1.29, 1.82) is 0 Å². The largest absolute Gasteiger partial charge is 0.350 e. The van der Waals surface area contributed by atoms with Gasteiger partial charge in [-0.05, 0) is 31.0 Å². The van der Waals surface area contributed by atoms with Crippen LogP contribution < -0.4 is 11.1 Å². The predicted octanol–water partition coefficient (Wildman–Crippen LogP) is 1.99. The van der Waals surface area contributed by atoms with E-state index in [1.165, 1.54) is 12.1 Å². The van der Waals surface area contributed by atoms with E-state index < -0.39 is 11.7 Å². The molecular weight excluding hydrogens is 219 g/mol. The zero-order valence-electron chi connectivity index (χ0n) is 10.3. The molecule has 94 valence electrons. The highest BCUT2D eigenvalue weighted by atomic mass is 19.1. The first-order valence-electron chi connectivity index (χ1n) is 5.84. The van der Waals surface area contributed by atoms with Crippen molar-refractivity contribution < 1.29 is 9.18 Å². The molecule has 1 amide bonds. The zero-order chi connectivity index (χ0) is 12.8. The Labute approximate surface area is 101 Å². The molecule has 0 heterocycles. The smallest absolute Gasteiger partial charge is 0.254 e. The highest BCUT2D eigenvalue weighted by Gasteiger charge is 2.12. The number of carbonyl (C=O) groups excluding carboxylic acids is 1. The van der Waals surface area contributed by atoms with Gasteiger partial charge in [0.05, 0.1) is 5.56 Å². The van der Waals surface area contributed by atoms with Gasteiger partial charge in [-0.1, -0.05) is 19.4 Å². The van der Waals surface area contributed by atoms with E-state index >= 15 is 0 Å². The van der Waals surface area contributed by atoms with Crippen LogP contribution in [0.3, 0.4) is 0 Å². The quantitative estimate of drug-likeness (QED) is 0.824. The number of rotatable bonds is 5. The second-order valence-electron chi connectivity index (χ2n) is 4.24. The summed E-state index contributed by atoms with van der Waals surface area (Å²) in [4.78, 5) is 11.7. The maximum atomic E-state index is 13.5. The maximum Gasteiger partial charge on any atom is 0.254 e. The molecule has 17 heavy (non-hydrogen) atoms.